The van der Waals surface area contributed by atoms with Crippen LogP contribution in [0.2, 0.25) is 0 Å². The first kappa shape index (κ1) is 18.9. The van der Waals surface area contributed by atoms with Crippen LogP contribution in [0.25, 0.3) is 0 Å². The van der Waals surface area contributed by atoms with Crippen molar-refractivity contribution in [2.24, 2.45) is 0 Å². The number of nitrogens with zero attached hydrogens (tertiary/aromatic N) is 1. The monoisotopic (exact) mass is 273 g/mol. The summed E-state index contributed by atoms with van der Waals surface area (Å²) in [6.45, 7) is 4.14. The maximum atomic E-state index is 12.0. The van der Waals surface area contributed by atoms with E-state index in [1.807, 2.05) is 0 Å². The van der Waals surface area contributed by atoms with Crippen LogP contribution in [0.4, 0.5) is 0 Å². The van der Waals surface area contributed by atoms with Gasteiger partial charge in [0.15, 0.2) is 0 Å². The molecule has 0 saturated carbocycles. The molecule has 19 heavy (non-hydrogen) atoms. The van der Waals surface area contributed by atoms with Crippen LogP contribution in [0.15, 0.2) is 0 Å². The van der Waals surface area contributed by atoms with E-state index < -0.39 is 0 Å². The molecule has 3 nitrogen and oxygen atoms in total. The van der Waals surface area contributed by atoms with Crippen LogP contribution in [0, 0.1) is 5.21 Å². The van der Waals surface area contributed by atoms with Crippen molar-refractivity contribution in [3.8, 4) is 0 Å². The Hall–Kier alpha value is -0.120. The van der Waals surface area contributed by atoms with Gasteiger partial charge in [-0.05, 0) is 12.8 Å². The molecule has 1 atom stereocenters. The van der Waals surface area contributed by atoms with E-state index >= 15 is 0 Å². The topological polar surface area (TPSA) is 32.3 Å². The van der Waals surface area contributed by atoms with Gasteiger partial charge in [-0.2, -0.15) is 0 Å². The van der Waals surface area contributed by atoms with E-state index in [-0.39, 0.29) is 4.65 Å². The quantitative estimate of drug-likeness (QED) is 0.265. The minimum atomic E-state index is -0.148. The number of hydrogen-bond donors (Lipinski definition) is 0. The van der Waals surface area contributed by atoms with Crippen molar-refractivity contribution < 1.29 is 9.38 Å². The lowest BCUT2D eigenvalue weighted by atomic mass is 10.1. The first-order valence-electron chi connectivity index (χ1n) is 8.17. The van der Waals surface area contributed by atoms with Gasteiger partial charge in [-0.1, -0.05) is 58.3 Å². The summed E-state index contributed by atoms with van der Waals surface area (Å²) in [6, 6.07) is 0. The Kier molecular flexibility index (Phi) is 12.8. The molecule has 0 amide bonds. The zero-order chi connectivity index (χ0) is 14.4. The first-order chi connectivity index (χ1) is 9.12. The van der Waals surface area contributed by atoms with Gasteiger partial charge in [-0.25, -0.2) is 0 Å². The molecular formula is C16H35NO2. The largest absolute Gasteiger partial charge is 0.633 e. The number of unbranched alkanes of at least 4 members (excludes halogenated alkanes) is 9. The van der Waals surface area contributed by atoms with Crippen LogP contribution in [0.1, 0.15) is 71.1 Å². The van der Waals surface area contributed by atoms with Crippen LogP contribution in [-0.2, 0) is 4.74 Å². The molecule has 0 aliphatic rings. The highest BCUT2D eigenvalue weighted by atomic mass is 16.5. The molecule has 0 radical (unpaired) electrons. The highest BCUT2D eigenvalue weighted by Crippen LogP contribution is 2.11. The van der Waals surface area contributed by atoms with Gasteiger partial charge in [0.05, 0.1) is 20.2 Å². The molecule has 0 saturated heterocycles. The Morgan fingerprint density at radius 3 is 1.74 bits per heavy atom. The van der Waals surface area contributed by atoms with E-state index in [9.17, 15) is 5.21 Å². The highest BCUT2D eigenvalue weighted by Gasteiger charge is 2.08. The van der Waals surface area contributed by atoms with Gasteiger partial charge < -0.3 is 14.6 Å². The van der Waals surface area contributed by atoms with Gasteiger partial charge in [-0.3, -0.25) is 0 Å². The molecule has 0 aliphatic carbocycles. The minimum absolute atomic E-state index is 0.148. The van der Waals surface area contributed by atoms with Crippen molar-refractivity contribution >= 4 is 0 Å². The van der Waals surface area contributed by atoms with Crippen molar-refractivity contribution in [2.75, 3.05) is 33.9 Å². The molecule has 0 aromatic carbocycles. The van der Waals surface area contributed by atoms with Crippen LogP contribution in [0.5, 0.6) is 0 Å². The lowest BCUT2D eigenvalue weighted by Gasteiger charge is -2.38. The number of hydrogen-bond acceptors (Lipinski definition) is 2. The summed E-state index contributed by atoms with van der Waals surface area (Å²) >= 11 is 0. The first-order valence-corrected chi connectivity index (χ1v) is 8.17. The van der Waals surface area contributed by atoms with E-state index in [4.69, 9.17) is 4.74 Å². The average Bonchev–Trinajstić information content (AvgIpc) is 2.38. The Morgan fingerprint density at radius 1 is 0.789 bits per heavy atom. The molecular weight excluding hydrogens is 238 g/mol. The summed E-state index contributed by atoms with van der Waals surface area (Å²) < 4.78 is 4.81. The van der Waals surface area contributed by atoms with Crippen molar-refractivity contribution in [1.82, 2.24) is 0 Å². The van der Waals surface area contributed by atoms with Crippen molar-refractivity contribution in [3.63, 3.8) is 0 Å². The van der Waals surface area contributed by atoms with E-state index in [0.29, 0.717) is 13.2 Å². The summed E-state index contributed by atoms with van der Waals surface area (Å²) in [5, 5.41) is 12.0. The third kappa shape index (κ3) is 14.1. The van der Waals surface area contributed by atoms with Gasteiger partial charge in [0.25, 0.3) is 0 Å². The second-order valence-electron chi connectivity index (χ2n) is 5.92. The number of ether oxygens (including phenoxy) is 1. The molecule has 0 aliphatic heterocycles. The predicted molar refractivity (Wildman–Crippen MR) is 83.0 cm³/mol. The fraction of sp³-hybridized carbons (Fsp3) is 1.00. The molecule has 0 spiro atoms. The standard InChI is InChI=1S/C16H35NO2/c1-4-5-6-7-8-9-10-11-12-13-14-17(2,18)15-16-19-3/h4-16H2,1-3H3. The molecule has 0 bridgehead atoms. The van der Waals surface area contributed by atoms with Crippen LogP contribution in [0.3, 0.4) is 0 Å². The second kappa shape index (κ2) is 12.9. The summed E-state index contributed by atoms with van der Waals surface area (Å²) in [5.41, 5.74) is 0. The summed E-state index contributed by atoms with van der Waals surface area (Å²) in [4.78, 5) is 0. The minimum Gasteiger partial charge on any atom is -0.633 e. The maximum Gasteiger partial charge on any atom is 0.102 e. The van der Waals surface area contributed by atoms with Gasteiger partial charge in [0, 0.05) is 7.11 Å². The fourth-order valence-electron chi connectivity index (χ4n) is 2.33. The zero-order valence-electron chi connectivity index (χ0n) is 13.5. The lowest BCUT2D eigenvalue weighted by Crippen LogP contribution is -2.41. The van der Waals surface area contributed by atoms with Gasteiger partial charge in [-0.15, -0.1) is 0 Å². The molecule has 0 N–H and O–H groups in total. The zero-order valence-corrected chi connectivity index (χ0v) is 13.5. The maximum absolute atomic E-state index is 12.0. The number of quaternary nitrogens is 1. The Bertz CT molecular complexity index is 184. The lowest BCUT2D eigenvalue weighted by molar-refractivity contribution is -0.861. The van der Waals surface area contributed by atoms with E-state index in [1.54, 1.807) is 14.2 Å². The van der Waals surface area contributed by atoms with Crippen LogP contribution >= 0.6 is 0 Å². The number of rotatable bonds is 14. The number of methoxy groups -OCH3 is 1. The molecule has 0 heterocycles. The van der Waals surface area contributed by atoms with Gasteiger partial charge in [0.1, 0.15) is 6.54 Å². The molecule has 3 heteroatoms. The van der Waals surface area contributed by atoms with Crippen LogP contribution in [-0.4, -0.2) is 38.5 Å². The summed E-state index contributed by atoms with van der Waals surface area (Å²) in [5.74, 6) is 0. The number of hydroxylamine groups is 3. The fourth-order valence-corrected chi connectivity index (χ4v) is 2.33. The number of likely N-dealkylation sites (N-methyl/N-ethyl adjacent to an activating group) is 1. The summed E-state index contributed by atoms with van der Waals surface area (Å²) in [7, 11) is 3.41. The van der Waals surface area contributed by atoms with Crippen molar-refractivity contribution in [3.05, 3.63) is 5.21 Å². The van der Waals surface area contributed by atoms with Crippen LogP contribution < -0.4 is 0 Å². The molecule has 1 unspecified atom stereocenters. The van der Waals surface area contributed by atoms with E-state index in [2.05, 4.69) is 6.92 Å². The predicted octanol–water partition coefficient (Wildman–Crippen LogP) is 4.50. The van der Waals surface area contributed by atoms with Crippen molar-refractivity contribution in [1.29, 1.82) is 0 Å². The Morgan fingerprint density at radius 2 is 1.26 bits per heavy atom. The van der Waals surface area contributed by atoms with Gasteiger partial charge in [0.2, 0.25) is 0 Å². The molecule has 116 valence electrons. The SMILES string of the molecule is CCCCCCCCCCCC[N+](C)([O-])CCOC. The second-order valence-corrected chi connectivity index (χ2v) is 5.92. The molecule has 0 aromatic rings. The Balaban J connectivity index is 3.21. The summed E-state index contributed by atoms with van der Waals surface area (Å²) in [6.07, 6.45) is 13.2. The van der Waals surface area contributed by atoms with Gasteiger partial charge >= 0.3 is 0 Å². The third-order valence-electron chi connectivity index (χ3n) is 3.75. The van der Waals surface area contributed by atoms with Crippen molar-refractivity contribution in [2.45, 2.75) is 71.1 Å². The highest BCUT2D eigenvalue weighted by molar-refractivity contribution is 4.48. The third-order valence-corrected chi connectivity index (χ3v) is 3.75. The smallest absolute Gasteiger partial charge is 0.102 e. The van der Waals surface area contributed by atoms with E-state index in [0.717, 1.165) is 13.0 Å². The van der Waals surface area contributed by atoms with E-state index in [1.165, 1.54) is 57.8 Å². The normalized spacial score (nSPS) is 14.5. The Labute approximate surface area is 120 Å². The molecule has 0 rings (SSSR count). The average molecular weight is 273 g/mol. The molecule has 0 fully saturated rings. The molecule has 0 aromatic heterocycles.